The molecule has 18 heavy (non-hydrogen) atoms. The third kappa shape index (κ3) is 18.6. The van der Waals surface area contributed by atoms with Gasteiger partial charge < -0.3 is 5.11 Å². The highest BCUT2D eigenvalue weighted by atomic mass is 32.1. The molecule has 0 aromatic heterocycles. The number of aliphatic carboxylic acids is 1. The predicted molar refractivity (Wildman–Crippen MR) is 87.7 cm³/mol. The van der Waals surface area contributed by atoms with Gasteiger partial charge in [0.15, 0.2) is 0 Å². The maximum Gasteiger partial charge on any atom is 0.313 e. The number of carboxylic acids is 1. The summed E-state index contributed by atoms with van der Waals surface area (Å²) in [6, 6.07) is 0. The Morgan fingerprint density at radius 1 is 0.944 bits per heavy atom. The van der Waals surface area contributed by atoms with E-state index in [9.17, 15) is 4.79 Å². The van der Waals surface area contributed by atoms with Crippen LogP contribution in [0.15, 0.2) is 0 Å². The maximum atomic E-state index is 9.29. The quantitative estimate of drug-likeness (QED) is 0.445. The van der Waals surface area contributed by atoms with Crippen LogP contribution in [-0.2, 0) is 4.79 Å². The molecule has 0 heterocycles. The van der Waals surface area contributed by atoms with Crippen LogP contribution >= 0.6 is 20.6 Å². The second-order valence-electron chi connectivity index (χ2n) is 4.45. The summed E-state index contributed by atoms with van der Waals surface area (Å²) in [6.45, 7) is 6.94. The molecule has 0 aromatic carbocycles. The molecule has 0 aliphatic carbocycles. The van der Waals surface area contributed by atoms with Crippen molar-refractivity contribution in [1.29, 1.82) is 0 Å². The summed E-state index contributed by atoms with van der Waals surface area (Å²) in [6.07, 6.45) is 13.2. The van der Waals surface area contributed by atoms with E-state index in [1.807, 2.05) is 0 Å². The monoisotopic (exact) mass is 294 g/mol. The Labute approximate surface area is 120 Å². The van der Waals surface area contributed by atoms with Crippen molar-refractivity contribution in [2.45, 2.75) is 59.3 Å². The summed E-state index contributed by atoms with van der Waals surface area (Å²) in [5.41, 5.74) is 0. The van der Waals surface area contributed by atoms with Crippen molar-refractivity contribution in [2.75, 3.05) is 24.2 Å². The van der Waals surface area contributed by atoms with Crippen LogP contribution in [0.3, 0.4) is 0 Å². The van der Waals surface area contributed by atoms with Crippen LogP contribution < -0.4 is 0 Å². The number of thiol groups is 1. The minimum absolute atomic E-state index is 0.0833. The first kappa shape index (κ1) is 20.6. The third-order valence-electron chi connectivity index (χ3n) is 2.62. The van der Waals surface area contributed by atoms with Crippen LogP contribution in [0.1, 0.15) is 59.3 Å². The molecule has 0 saturated heterocycles. The SMILES string of the molecule is CCCCP(CCCC)CCCC.O=C(O)CS. The lowest BCUT2D eigenvalue weighted by atomic mass is 10.4. The van der Waals surface area contributed by atoms with E-state index in [-0.39, 0.29) is 5.75 Å². The summed E-state index contributed by atoms with van der Waals surface area (Å²) in [4.78, 5) is 9.29. The van der Waals surface area contributed by atoms with Gasteiger partial charge in [-0.05, 0) is 37.7 Å². The fraction of sp³-hybridized carbons (Fsp3) is 0.929. The Hall–Kier alpha value is 0.250. The normalized spacial score (nSPS) is 10.1. The minimum Gasteiger partial charge on any atom is -0.481 e. The molecule has 0 rings (SSSR count). The molecule has 2 nitrogen and oxygen atoms in total. The fourth-order valence-electron chi connectivity index (χ4n) is 1.48. The van der Waals surface area contributed by atoms with Gasteiger partial charge in [0, 0.05) is 0 Å². The molecule has 0 atom stereocenters. The van der Waals surface area contributed by atoms with Crippen LogP contribution in [0.5, 0.6) is 0 Å². The lowest BCUT2D eigenvalue weighted by Crippen LogP contribution is -1.95. The van der Waals surface area contributed by atoms with Gasteiger partial charge in [0.1, 0.15) is 0 Å². The van der Waals surface area contributed by atoms with Crippen LogP contribution in [0.4, 0.5) is 0 Å². The van der Waals surface area contributed by atoms with Gasteiger partial charge in [0.05, 0.1) is 5.75 Å². The second-order valence-corrected chi connectivity index (χ2v) is 7.45. The van der Waals surface area contributed by atoms with Gasteiger partial charge in [-0.25, -0.2) is 0 Å². The highest BCUT2D eigenvalue weighted by Gasteiger charge is 2.05. The average molecular weight is 294 g/mol. The summed E-state index contributed by atoms with van der Waals surface area (Å²) in [7, 11) is 0.422. The first-order valence-electron chi connectivity index (χ1n) is 7.17. The number of hydrogen-bond acceptors (Lipinski definition) is 2. The number of unbranched alkanes of at least 4 members (excludes halogenated alkanes) is 3. The van der Waals surface area contributed by atoms with E-state index in [4.69, 9.17) is 5.11 Å². The van der Waals surface area contributed by atoms with E-state index >= 15 is 0 Å². The standard InChI is InChI=1S/C12H27P.C2H4O2S/c1-4-7-10-13(11-8-5-2)12-9-6-3;3-2(4)1-5/h4-12H2,1-3H3;5H,1H2,(H,3,4). The summed E-state index contributed by atoms with van der Waals surface area (Å²) in [5.74, 6) is -0.965. The van der Waals surface area contributed by atoms with Crippen molar-refractivity contribution in [1.82, 2.24) is 0 Å². The van der Waals surface area contributed by atoms with Crippen LogP contribution in [0.2, 0.25) is 0 Å². The molecule has 0 radical (unpaired) electrons. The van der Waals surface area contributed by atoms with Crippen LogP contribution in [0.25, 0.3) is 0 Å². The lowest BCUT2D eigenvalue weighted by Gasteiger charge is -2.16. The average Bonchev–Trinajstić information content (AvgIpc) is 2.38. The van der Waals surface area contributed by atoms with E-state index < -0.39 is 5.97 Å². The maximum absolute atomic E-state index is 9.29. The molecule has 0 unspecified atom stereocenters. The van der Waals surface area contributed by atoms with Gasteiger partial charge in [0.25, 0.3) is 0 Å². The number of carboxylic acid groups (broad SMARTS) is 1. The van der Waals surface area contributed by atoms with Gasteiger partial charge in [0.2, 0.25) is 0 Å². The van der Waals surface area contributed by atoms with E-state index in [0.29, 0.717) is 7.92 Å². The van der Waals surface area contributed by atoms with Crippen LogP contribution in [-0.4, -0.2) is 35.3 Å². The number of hydrogen-bond donors (Lipinski definition) is 2. The van der Waals surface area contributed by atoms with Gasteiger partial charge in [-0.3, -0.25) is 4.79 Å². The van der Waals surface area contributed by atoms with E-state index in [2.05, 4.69) is 33.4 Å². The molecule has 0 aliphatic heterocycles. The molecule has 0 saturated carbocycles. The molecule has 0 aliphatic rings. The first-order chi connectivity index (χ1) is 8.62. The van der Waals surface area contributed by atoms with Crippen molar-refractivity contribution in [2.24, 2.45) is 0 Å². The van der Waals surface area contributed by atoms with Gasteiger partial charge in [-0.15, -0.1) is 7.92 Å². The number of rotatable bonds is 10. The molecule has 1 N–H and O–H groups in total. The van der Waals surface area contributed by atoms with E-state index in [0.717, 1.165) is 0 Å². The minimum atomic E-state index is -0.881. The first-order valence-corrected chi connectivity index (χ1v) is 9.70. The lowest BCUT2D eigenvalue weighted by molar-refractivity contribution is -0.133. The molecular weight excluding hydrogens is 263 g/mol. The van der Waals surface area contributed by atoms with Crippen molar-refractivity contribution in [3.63, 3.8) is 0 Å². The highest BCUT2D eigenvalue weighted by molar-refractivity contribution is 7.81. The zero-order valence-electron chi connectivity index (χ0n) is 12.3. The van der Waals surface area contributed by atoms with Crippen molar-refractivity contribution in [3.05, 3.63) is 0 Å². The van der Waals surface area contributed by atoms with E-state index in [1.54, 1.807) is 18.5 Å². The zero-order valence-corrected chi connectivity index (χ0v) is 14.1. The second kappa shape index (κ2) is 17.2. The van der Waals surface area contributed by atoms with Crippen molar-refractivity contribution >= 4 is 26.5 Å². The van der Waals surface area contributed by atoms with Crippen LogP contribution in [0, 0.1) is 0 Å². The molecule has 4 heteroatoms. The Morgan fingerprint density at radius 3 is 1.39 bits per heavy atom. The van der Waals surface area contributed by atoms with Gasteiger partial charge in [-0.2, -0.15) is 12.6 Å². The highest BCUT2D eigenvalue weighted by Crippen LogP contribution is 2.38. The van der Waals surface area contributed by atoms with Gasteiger partial charge in [-0.1, -0.05) is 40.0 Å². The fourth-order valence-corrected chi connectivity index (χ4v) is 4.44. The Kier molecular flexibility index (Phi) is 19.7. The summed E-state index contributed by atoms with van der Waals surface area (Å²) < 4.78 is 0. The number of carbonyl (C=O) groups is 1. The summed E-state index contributed by atoms with van der Waals surface area (Å²) in [5, 5.41) is 7.65. The molecule has 0 bridgehead atoms. The molecular formula is C14H31O2PS. The molecule has 0 spiro atoms. The topological polar surface area (TPSA) is 37.3 Å². The smallest absolute Gasteiger partial charge is 0.313 e. The summed E-state index contributed by atoms with van der Waals surface area (Å²) >= 11 is 3.42. The largest absolute Gasteiger partial charge is 0.481 e. The predicted octanol–water partition coefficient (Wildman–Crippen LogP) is 4.87. The Morgan fingerprint density at radius 2 is 1.22 bits per heavy atom. The molecule has 0 amide bonds. The van der Waals surface area contributed by atoms with Crippen molar-refractivity contribution < 1.29 is 9.90 Å². The Balaban J connectivity index is 0. The van der Waals surface area contributed by atoms with Gasteiger partial charge >= 0.3 is 5.97 Å². The molecule has 0 aromatic rings. The zero-order chi connectivity index (χ0) is 14.2. The van der Waals surface area contributed by atoms with Crippen molar-refractivity contribution in [3.8, 4) is 0 Å². The van der Waals surface area contributed by atoms with E-state index in [1.165, 1.54) is 38.5 Å². The molecule has 110 valence electrons. The Bertz CT molecular complexity index is 158. The third-order valence-corrected chi connectivity index (χ3v) is 5.74. The molecule has 0 fully saturated rings.